The van der Waals surface area contributed by atoms with Crippen LogP contribution in [0.2, 0.25) is 0 Å². The zero-order chi connectivity index (χ0) is 16.1. The highest BCUT2D eigenvalue weighted by Gasteiger charge is 2.17. The molecule has 0 bridgehead atoms. The van der Waals surface area contributed by atoms with E-state index in [4.69, 9.17) is 5.73 Å². The molecule has 1 aromatic heterocycles. The largest absolute Gasteiger partial charge is 0.329 e. The number of nitrogens with two attached hydrogens (primary N) is 1. The second-order valence-electron chi connectivity index (χ2n) is 5.54. The maximum atomic E-state index is 12.0. The van der Waals surface area contributed by atoms with Gasteiger partial charge in [0.05, 0.1) is 0 Å². The predicted octanol–water partition coefficient (Wildman–Crippen LogP) is 3.41. The second-order valence-corrected chi connectivity index (χ2v) is 5.54. The van der Waals surface area contributed by atoms with Crippen LogP contribution in [0, 0.1) is 0 Å². The van der Waals surface area contributed by atoms with Gasteiger partial charge in [-0.2, -0.15) is 0 Å². The lowest BCUT2D eigenvalue weighted by molar-refractivity contribution is 0.672. The molecule has 0 aliphatic rings. The summed E-state index contributed by atoms with van der Waals surface area (Å²) in [6.45, 7) is 0.980. The summed E-state index contributed by atoms with van der Waals surface area (Å²) in [5.74, 6) is 0.0991. The van der Waals surface area contributed by atoms with Gasteiger partial charge in [-0.15, -0.1) is 12.4 Å². The van der Waals surface area contributed by atoms with Gasteiger partial charge in [0.1, 0.15) is 0 Å². The van der Waals surface area contributed by atoms with Crippen molar-refractivity contribution in [3.05, 3.63) is 106 Å². The standard InChI is InChI=1S/C20H20N2O.ClH/c21-13-14-22-15-18(11-12-19(22)23)20(16-7-3-1-4-8-16)17-9-5-2-6-10-17;/h1-12,15,20H,13-14,21H2;1H. The topological polar surface area (TPSA) is 48.0 Å². The third kappa shape index (κ3) is 3.94. The second kappa shape index (κ2) is 8.48. The smallest absolute Gasteiger partial charge is 0.250 e. The number of halogens is 1. The molecule has 0 amide bonds. The lowest BCUT2D eigenvalue weighted by Gasteiger charge is -2.20. The van der Waals surface area contributed by atoms with Crippen LogP contribution in [0.3, 0.4) is 0 Å². The third-order valence-electron chi connectivity index (χ3n) is 3.98. The average Bonchev–Trinajstić information content (AvgIpc) is 2.60. The molecular formula is C20H21ClN2O. The SMILES string of the molecule is Cl.NCCn1cc(C(c2ccccc2)c2ccccc2)ccc1=O. The molecule has 0 spiro atoms. The van der Waals surface area contributed by atoms with Gasteiger partial charge in [0, 0.05) is 31.3 Å². The van der Waals surface area contributed by atoms with Crippen LogP contribution in [-0.2, 0) is 6.54 Å². The van der Waals surface area contributed by atoms with Gasteiger partial charge in [-0.3, -0.25) is 4.79 Å². The zero-order valence-electron chi connectivity index (χ0n) is 13.3. The van der Waals surface area contributed by atoms with Crippen molar-refractivity contribution in [2.75, 3.05) is 6.54 Å². The van der Waals surface area contributed by atoms with E-state index >= 15 is 0 Å². The molecule has 124 valence electrons. The Kier molecular flexibility index (Phi) is 6.36. The fraction of sp³-hybridized carbons (Fsp3) is 0.150. The fourth-order valence-electron chi connectivity index (χ4n) is 2.90. The van der Waals surface area contributed by atoms with E-state index in [0.29, 0.717) is 13.1 Å². The Bertz CT molecular complexity index is 776. The van der Waals surface area contributed by atoms with Crippen LogP contribution in [-0.4, -0.2) is 11.1 Å². The number of hydrogen-bond donors (Lipinski definition) is 1. The Balaban J connectivity index is 0.00000208. The lowest BCUT2D eigenvalue weighted by atomic mass is 9.86. The fourth-order valence-corrected chi connectivity index (χ4v) is 2.90. The van der Waals surface area contributed by atoms with Crippen molar-refractivity contribution in [2.45, 2.75) is 12.5 Å². The van der Waals surface area contributed by atoms with E-state index in [0.717, 1.165) is 5.56 Å². The number of nitrogens with zero attached hydrogens (tertiary/aromatic N) is 1. The average molecular weight is 341 g/mol. The molecule has 0 unspecified atom stereocenters. The minimum atomic E-state index is -0.0147. The summed E-state index contributed by atoms with van der Waals surface area (Å²) in [5.41, 5.74) is 9.11. The normalized spacial score (nSPS) is 10.4. The van der Waals surface area contributed by atoms with Gasteiger partial charge in [-0.1, -0.05) is 66.7 Å². The maximum absolute atomic E-state index is 12.0. The molecule has 0 aliphatic heterocycles. The van der Waals surface area contributed by atoms with Gasteiger partial charge in [-0.05, 0) is 16.7 Å². The van der Waals surface area contributed by atoms with Crippen LogP contribution in [0.1, 0.15) is 22.6 Å². The van der Waals surface area contributed by atoms with E-state index in [-0.39, 0.29) is 23.9 Å². The van der Waals surface area contributed by atoms with Crippen molar-refractivity contribution in [2.24, 2.45) is 5.73 Å². The Morgan fingerprint density at radius 2 is 1.33 bits per heavy atom. The minimum Gasteiger partial charge on any atom is -0.329 e. The molecule has 3 aromatic rings. The molecule has 24 heavy (non-hydrogen) atoms. The zero-order valence-corrected chi connectivity index (χ0v) is 14.2. The summed E-state index contributed by atoms with van der Waals surface area (Å²) in [7, 11) is 0. The molecule has 1 heterocycles. The summed E-state index contributed by atoms with van der Waals surface area (Å²) in [6, 6.07) is 24.2. The minimum absolute atomic E-state index is 0. The van der Waals surface area contributed by atoms with Crippen LogP contribution >= 0.6 is 12.4 Å². The van der Waals surface area contributed by atoms with Crippen LogP contribution in [0.25, 0.3) is 0 Å². The Morgan fingerprint density at radius 3 is 1.83 bits per heavy atom. The Morgan fingerprint density at radius 1 is 0.792 bits per heavy atom. The highest BCUT2D eigenvalue weighted by atomic mass is 35.5. The van der Waals surface area contributed by atoms with Crippen molar-refractivity contribution in [3.63, 3.8) is 0 Å². The lowest BCUT2D eigenvalue weighted by Crippen LogP contribution is -2.23. The van der Waals surface area contributed by atoms with Crippen molar-refractivity contribution >= 4 is 12.4 Å². The van der Waals surface area contributed by atoms with Crippen LogP contribution in [0.5, 0.6) is 0 Å². The van der Waals surface area contributed by atoms with Gasteiger partial charge < -0.3 is 10.3 Å². The molecule has 0 radical (unpaired) electrons. The van der Waals surface area contributed by atoms with E-state index in [1.165, 1.54) is 11.1 Å². The van der Waals surface area contributed by atoms with E-state index < -0.39 is 0 Å². The summed E-state index contributed by atoms with van der Waals surface area (Å²) >= 11 is 0. The van der Waals surface area contributed by atoms with Gasteiger partial charge in [0.2, 0.25) is 0 Å². The van der Waals surface area contributed by atoms with Gasteiger partial charge in [0.25, 0.3) is 5.56 Å². The molecule has 0 fully saturated rings. The first-order valence-corrected chi connectivity index (χ1v) is 7.80. The van der Waals surface area contributed by atoms with Gasteiger partial charge >= 0.3 is 0 Å². The molecule has 0 atom stereocenters. The number of benzene rings is 2. The van der Waals surface area contributed by atoms with Crippen LogP contribution < -0.4 is 11.3 Å². The van der Waals surface area contributed by atoms with Crippen molar-refractivity contribution in [3.8, 4) is 0 Å². The molecule has 0 saturated carbocycles. The first-order valence-electron chi connectivity index (χ1n) is 7.80. The number of pyridine rings is 1. The Hall–Kier alpha value is -2.36. The summed E-state index contributed by atoms with van der Waals surface area (Å²) in [6.07, 6.45) is 1.93. The molecule has 2 aromatic carbocycles. The highest BCUT2D eigenvalue weighted by molar-refractivity contribution is 5.85. The first kappa shape index (κ1) is 18.0. The summed E-state index contributed by atoms with van der Waals surface area (Å²) < 4.78 is 1.69. The quantitative estimate of drug-likeness (QED) is 0.773. The number of hydrogen-bond acceptors (Lipinski definition) is 2. The van der Waals surface area contributed by atoms with E-state index in [1.54, 1.807) is 10.6 Å². The Labute approximate surface area is 148 Å². The highest BCUT2D eigenvalue weighted by Crippen LogP contribution is 2.31. The summed E-state index contributed by atoms with van der Waals surface area (Å²) in [4.78, 5) is 12.0. The molecule has 3 nitrogen and oxygen atoms in total. The predicted molar refractivity (Wildman–Crippen MR) is 101 cm³/mol. The first-order chi connectivity index (χ1) is 11.3. The molecule has 0 saturated heterocycles. The van der Waals surface area contributed by atoms with E-state index in [2.05, 4.69) is 24.3 Å². The number of rotatable bonds is 5. The van der Waals surface area contributed by atoms with Crippen LogP contribution in [0.4, 0.5) is 0 Å². The van der Waals surface area contributed by atoms with Gasteiger partial charge in [-0.25, -0.2) is 0 Å². The monoisotopic (exact) mass is 340 g/mol. The number of aromatic nitrogens is 1. The van der Waals surface area contributed by atoms with Crippen molar-refractivity contribution < 1.29 is 0 Å². The molecule has 2 N–H and O–H groups in total. The van der Waals surface area contributed by atoms with Gasteiger partial charge in [0.15, 0.2) is 0 Å². The third-order valence-corrected chi connectivity index (χ3v) is 3.98. The molecule has 4 heteroatoms. The summed E-state index contributed by atoms with van der Waals surface area (Å²) in [5, 5.41) is 0. The molecular weight excluding hydrogens is 320 g/mol. The van der Waals surface area contributed by atoms with E-state index in [1.807, 2.05) is 48.7 Å². The molecule has 3 rings (SSSR count). The van der Waals surface area contributed by atoms with E-state index in [9.17, 15) is 4.79 Å². The molecule has 0 aliphatic carbocycles. The van der Waals surface area contributed by atoms with Crippen molar-refractivity contribution in [1.29, 1.82) is 0 Å². The van der Waals surface area contributed by atoms with Crippen molar-refractivity contribution in [1.82, 2.24) is 4.57 Å². The maximum Gasteiger partial charge on any atom is 0.250 e. The van der Waals surface area contributed by atoms with Crippen LogP contribution in [0.15, 0.2) is 83.8 Å².